The molecule has 3 nitrogen and oxygen atoms in total. The van der Waals surface area contributed by atoms with Gasteiger partial charge in [-0.05, 0) is 36.2 Å². The van der Waals surface area contributed by atoms with Crippen LogP contribution in [0.5, 0.6) is 0 Å². The average molecular weight is 321 g/mol. The van der Waals surface area contributed by atoms with Crippen LogP contribution in [0.3, 0.4) is 0 Å². The van der Waals surface area contributed by atoms with E-state index in [0.29, 0.717) is 10.0 Å². The summed E-state index contributed by atoms with van der Waals surface area (Å²) in [5.74, 6) is 0.0472. The van der Waals surface area contributed by atoms with Crippen molar-refractivity contribution in [1.29, 1.82) is 0 Å². The summed E-state index contributed by atoms with van der Waals surface area (Å²) in [6.45, 7) is 0.966. The van der Waals surface area contributed by atoms with Gasteiger partial charge in [0.25, 0.3) is 0 Å². The van der Waals surface area contributed by atoms with Crippen molar-refractivity contribution in [2.75, 3.05) is 23.3 Å². The SMILES string of the molecule is O=C(CNc1ccc(Cl)c(Cl)c1)N1CCc2ccccc21. The lowest BCUT2D eigenvalue weighted by Gasteiger charge is -2.18. The van der Waals surface area contributed by atoms with Gasteiger partial charge in [0.2, 0.25) is 5.91 Å². The van der Waals surface area contributed by atoms with Crippen LogP contribution in [-0.2, 0) is 11.2 Å². The average Bonchev–Trinajstić information content (AvgIpc) is 2.92. The smallest absolute Gasteiger partial charge is 0.246 e. The Morgan fingerprint density at radius 2 is 1.95 bits per heavy atom. The molecular formula is C16H14Cl2N2O. The number of carbonyl (C=O) groups is 1. The number of hydrogen-bond donors (Lipinski definition) is 1. The van der Waals surface area contributed by atoms with Gasteiger partial charge in [-0.2, -0.15) is 0 Å². The molecule has 2 aromatic carbocycles. The number of benzene rings is 2. The topological polar surface area (TPSA) is 32.3 Å². The highest BCUT2D eigenvalue weighted by molar-refractivity contribution is 6.42. The van der Waals surface area contributed by atoms with Crippen molar-refractivity contribution >= 4 is 40.5 Å². The zero-order chi connectivity index (χ0) is 14.8. The molecule has 0 bridgehead atoms. The predicted octanol–water partition coefficient (Wildman–Crippen LogP) is 3.99. The number of nitrogens with zero attached hydrogens (tertiary/aromatic N) is 1. The normalized spacial score (nSPS) is 13.1. The highest BCUT2D eigenvalue weighted by Crippen LogP contribution is 2.28. The third kappa shape index (κ3) is 2.99. The van der Waals surface area contributed by atoms with Crippen LogP contribution in [0.25, 0.3) is 0 Å². The van der Waals surface area contributed by atoms with Crippen LogP contribution in [0.1, 0.15) is 5.56 Å². The van der Waals surface area contributed by atoms with Gasteiger partial charge in [0.15, 0.2) is 0 Å². The number of hydrogen-bond acceptors (Lipinski definition) is 2. The Balaban J connectivity index is 1.66. The standard InChI is InChI=1S/C16H14Cl2N2O/c17-13-6-5-12(9-14(13)18)19-10-16(21)20-8-7-11-3-1-2-4-15(11)20/h1-6,9,19H,7-8,10H2. The van der Waals surface area contributed by atoms with E-state index in [0.717, 1.165) is 24.3 Å². The van der Waals surface area contributed by atoms with Gasteiger partial charge in [-0.1, -0.05) is 41.4 Å². The first-order chi connectivity index (χ1) is 10.1. The molecule has 1 aliphatic rings. The Hall–Kier alpha value is -1.71. The minimum Gasteiger partial charge on any atom is -0.376 e. The molecule has 0 spiro atoms. The zero-order valence-corrected chi connectivity index (χ0v) is 12.8. The van der Waals surface area contributed by atoms with Gasteiger partial charge < -0.3 is 10.2 Å². The summed E-state index contributed by atoms with van der Waals surface area (Å²) in [4.78, 5) is 14.2. The maximum Gasteiger partial charge on any atom is 0.246 e. The van der Waals surface area contributed by atoms with Gasteiger partial charge in [0.05, 0.1) is 16.6 Å². The molecule has 0 unspecified atom stereocenters. The van der Waals surface area contributed by atoms with E-state index in [9.17, 15) is 4.79 Å². The van der Waals surface area contributed by atoms with Gasteiger partial charge in [-0.25, -0.2) is 0 Å². The minimum absolute atomic E-state index is 0.0472. The Morgan fingerprint density at radius 3 is 2.76 bits per heavy atom. The molecule has 0 saturated carbocycles. The number of amides is 1. The molecule has 21 heavy (non-hydrogen) atoms. The van der Waals surface area contributed by atoms with Crippen molar-refractivity contribution in [3.8, 4) is 0 Å². The molecule has 1 aliphatic heterocycles. The second kappa shape index (κ2) is 5.96. The minimum atomic E-state index is 0.0472. The molecule has 0 aliphatic carbocycles. The van der Waals surface area contributed by atoms with Crippen molar-refractivity contribution in [2.24, 2.45) is 0 Å². The second-order valence-electron chi connectivity index (χ2n) is 4.91. The third-order valence-electron chi connectivity index (χ3n) is 3.55. The lowest BCUT2D eigenvalue weighted by atomic mass is 10.2. The number of nitrogens with one attached hydrogen (secondary N) is 1. The first kappa shape index (κ1) is 14.2. The molecule has 1 N–H and O–H groups in total. The molecule has 0 atom stereocenters. The summed E-state index contributed by atoms with van der Waals surface area (Å²) in [5, 5.41) is 4.06. The van der Waals surface area contributed by atoms with Gasteiger partial charge in [-0.15, -0.1) is 0 Å². The van der Waals surface area contributed by atoms with E-state index in [1.165, 1.54) is 5.56 Å². The van der Waals surface area contributed by atoms with E-state index in [1.54, 1.807) is 18.2 Å². The molecule has 1 heterocycles. The maximum absolute atomic E-state index is 12.3. The molecule has 1 amide bonds. The first-order valence-corrected chi connectivity index (χ1v) is 7.48. The van der Waals surface area contributed by atoms with Gasteiger partial charge >= 0.3 is 0 Å². The Morgan fingerprint density at radius 1 is 1.14 bits per heavy atom. The van der Waals surface area contributed by atoms with E-state index in [4.69, 9.17) is 23.2 Å². The maximum atomic E-state index is 12.3. The largest absolute Gasteiger partial charge is 0.376 e. The Labute approximate surface area is 133 Å². The van der Waals surface area contributed by atoms with Crippen LogP contribution in [0.4, 0.5) is 11.4 Å². The zero-order valence-electron chi connectivity index (χ0n) is 11.3. The monoisotopic (exact) mass is 320 g/mol. The van der Waals surface area contributed by atoms with Crippen LogP contribution in [0.2, 0.25) is 10.0 Å². The molecule has 0 aromatic heterocycles. The van der Waals surface area contributed by atoms with Crippen LogP contribution in [-0.4, -0.2) is 19.0 Å². The highest BCUT2D eigenvalue weighted by Gasteiger charge is 2.23. The summed E-state index contributed by atoms with van der Waals surface area (Å²) in [5.41, 5.74) is 3.02. The number of fused-ring (bicyclic) bond motifs is 1. The van der Waals surface area contributed by atoms with Crippen LogP contribution in [0, 0.1) is 0 Å². The van der Waals surface area contributed by atoms with Gasteiger partial charge in [-0.3, -0.25) is 4.79 Å². The summed E-state index contributed by atoms with van der Waals surface area (Å²) >= 11 is 11.8. The van der Waals surface area contributed by atoms with Crippen molar-refractivity contribution in [3.63, 3.8) is 0 Å². The van der Waals surface area contributed by atoms with E-state index in [1.807, 2.05) is 23.1 Å². The van der Waals surface area contributed by atoms with Crippen LogP contribution >= 0.6 is 23.2 Å². The molecule has 0 radical (unpaired) electrons. The lowest BCUT2D eigenvalue weighted by Crippen LogP contribution is -2.34. The number of rotatable bonds is 3. The Kier molecular flexibility index (Phi) is 4.04. The molecule has 0 saturated heterocycles. The molecule has 0 fully saturated rings. The first-order valence-electron chi connectivity index (χ1n) is 6.72. The predicted molar refractivity (Wildman–Crippen MR) is 87.5 cm³/mol. The third-order valence-corrected chi connectivity index (χ3v) is 4.29. The van der Waals surface area contributed by atoms with Crippen molar-refractivity contribution in [2.45, 2.75) is 6.42 Å². The van der Waals surface area contributed by atoms with Crippen LogP contribution in [0.15, 0.2) is 42.5 Å². The van der Waals surface area contributed by atoms with Crippen molar-refractivity contribution in [1.82, 2.24) is 0 Å². The van der Waals surface area contributed by atoms with E-state index in [-0.39, 0.29) is 12.5 Å². The highest BCUT2D eigenvalue weighted by atomic mass is 35.5. The molecular weight excluding hydrogens is 307 g/mol. The number of anilines is 2. The van der Waals surface area contributed by atoms with Gasteiger partial charge in [0, 0.05) is 17.9 Å². The fourth-order valence-corrected chi connectivity index (χ4v) is 2.77. The van der Waals surface area contributed by atoms with Crippen molar-refractivity contribution in [3.05, 3.63) is 58.1 Å². The summed E-state index contributed by atoms with van der Waals surface area (Å²) in [7, 11) is 0. The van der Waals surface area contributed by atoms with E-state index >= 15 is 0 Å². The van der Waals surface area contributed by atoms with Gasteiger partial charge in [0.1, 0.15) is 0 Å². The fraction of sp³-hybridized carbons (Fsp3) is 0.188. The van der Waals surface area contributed by atoms with Crippen molar-refractivity contribution < 1.29 is 4.79 Å². The molecule has 3 rings (SSSR count). The summed E-state index contributed by atoms with van der Waals surface area (Å²) in [6.07, 6.45) is 0.911. The number of para-hydroxylation sites is 1. The number of halogens is 2. The van der Waals surface area contributed by atoms with E-state index in [2.05, 4.69) is 11.4 Å². The second-order valence-corrected chi connectivity index (χ2v) is 5.72. The summed E-state index contributed by atoms with van der Waals surface area (Å²) < 4.78 is 0. The number of carbonyl (C=O) groups excluding carboxylic acids is 1. The molecule has 2 aromatic rings. The summed E-state index contributed by atoms with van der Waals surface area (Å²) in [6, 6.07) is 13.2. The fourth-order valence-electron chi connectivity index (χ4n) is 2.48. The Bertz CT molecular complexity index is 688. The lowest BCUT2D eigenvalue weighted by molar-refractivity contribution is -0.116. The van der Waals surface area contributed by atoms with E-state index < -0.39 is 0 Å². The molecule has 108 valence electrons. The quantitative estimate of drug-likeness (QED) is 0.927. The van der Waals surface area contributed by atoms with Crippen LogP contribution < -0.4 is 10.2 Å². The molecule has 5 heteroatoms.